The predicted octanol–water partition coefficient (Wildman–Crippen LogP) is 4.25. The van der Waals surface area contributed by atoms with Crippen molar-refractivity contribution in [3.05, 3.63) is 58.9 Å². The molecule has 0 N–H and O–H groups in total. The molecular formula is C21H20ClN3O3. The van der Waals surface area contributed by atoms with Gasteiger partial charge in [-0.25, -0.2) is 14.8 Å². The van der Waals surface area contributed by atoms with E-state index in [4.69, 9.17) is 21.1 Å². The van der Waals surface area contributed by atoms with E-state index in [1.54, 1.807) is 7.11 Å². The minimum absolute atomic E-state index is 0.101. The van der Waals surface area contributed by atoms with Crippen LogP contribution >= 0.6 is 11.6 Å². The van der Waals surface area contributed by atoms with Gasteiger partial charge < -0.3 is 14.4 Å². The Morgan fingerprint density at radius 3 is 2.68 bits per heavy atom. The van der Waals surface area contributed by atoms with Crippen molar-refractivity contribution in [2.75, 3.05) is 25.1 Å². The van der Waals surface area contributed by atoms with Gasteiger partial charge in [0.2, 0.25) is 5.95 Å². The number of esters is 1. The molecule has 144 valence electrons. The number of rotatable bonds is 5. The lowest BCUT2D eigenvalue weighted by Gasteiger charge is -2.15. The summed E-state index contributed by atoms with van der Waals surface area (Å²) in [5.74, 6) is 0.773. The molecule has 0 spiro atoms. The van der Waals surface area contributed by atoms with E-state index in [1.165, 1.54) is 6.20 Å². The van der Waals surface area contributed by atoms with E-state index in [9.17, 15) is 4.79 Å². The van der Waals surface area contributed by atoms with E-state index < -0.39 is 5.97 Å². The first-order valence-corrected chi connectivity index (χ1v) is 9.53. The average molecular weight is 398 g/mol. The fourth-order valence-electron chi connectivity index (χ4n) is 3.28. The maximum atomic E-state index is 12.5. The van der Waals surface area contributed by atoms with Gasteiger partial charge in [0.05, 0.1) is 18.3 Å². The van der Waals surface area contributed by atoms with Crippen LogP contribution in [-0.2, 0) is 11.3 Å². The van der Waals surface area contributed by atoms with Gasteiger partial charge in [0.25, 0.3) is 0 Å². The van der Waals surface area contributed by atoms with Crippen molar-refractivity contribution in [2.45, 2.75) is 19.4 Å². The van der Waals surface area contributed by atoms with Crippen LogP contribution in [0.1, 0.15) is 28.9 Å². The first kappa shape index (κ1) is 18.5. The van der Waals surface area contributed by atoms with E-state index in [2.05, 4.69) is 9.97 Å². The van der Waals surface area contributed by atoms with Crippen molar-refractivity contribution in [1.29, 1.82) is 0 Å². The number of anilines is 1. The van der Waals surface area contributed by atoms with Gasteiger partial charge in [-0.15, -0.1) is 0 Å². The largest absolute Gasteiger partial charge is 0.497 e. The van der Waals surface area contributed by atoms with E-state index in [0.717, 1.165) is 48.0 Å². The standard InChI is InChI=1S/C21H20ClN3O3/c1-27-17-7-6-15-10-14(4-5-16(15)11-17)13-28-20(26)19-18(22)12-23-21(24-19)25-8-2-3-9-25/h4-7,10-12H,2-3,8-9,13H2,1H3. The lowest BCUT2D eigenvalue weighted by atomic mass is 10.1. The van der Waals surface area contributed by atoms with Gasteiger partial charge in [-0.2, -0.15) is 0 Å². The highest BCUT2D eigenvalue weighted by molar-refractivity contribution is 6.33. The second kappa shape index (κ2) is 8.02. The van der Waals surface area contributed by atoms with Crippen molar-refractivity contribution in [3.8, 4) is 5.75 Å². The fourth-order valence-corrected chi connectivity index (χ4v) is 3.45. The summed E-state index contributed by atoms with van der Waals surface area (Å²) in [7, 11) is 1.64. The summed E-state index contributed by atoms with van der Waals surface area (Å²) in [5, 5.41) is 2.30. The van der Waals surface area contributed by atoms with Crippen LogP contribution in [0.15, 0.2) is 42.6 Å². The Hall–Kier alpha value is -2.86. The highest BCUT2D eigenvalue weighted by Gasteiger charge is 2.20. The second-order valence-electron chi connectivity index (χ2n) is 6.68. The number of carbonyl (C=O) groups excluding carboxylic acids is 1. The normalized spacial score (nSPS) is 13.7. The molecule has 1 fully saturated rings. The van der Waals surface area contributed by atoms with Crippen molar-refractivity contribution < 1.29 is 14.3 Å². The van der Waals surface area contributed by atoms with Gasteiger partial charge in [-0.3, -0.25) is 0 Å². The highest BCUT2D eigenvalue weighted by Crippen LogP contribution is 2.23. The zero-order chi connectivity index (χ0) is 19.5. The molecule has 0 saturated carbocycles. The molecule has 0 aliphatic carbocycles. The molecule has 7 heteroatoms. The predicted molar refractivity (Wildman–Crippen MR) is 108 cm³/mol. The van der Waals surface area contributed by atoms with E-state index in [0.29, 0.717) is 5.95 Å². The third-order valence-electron chi connectivity index (χ3n) is 4.80. The molecular weight excluding hydrogens is 378 g/mol. The Kier molecular flexibility index (Phi) is 5.30. The number of fused-ring (bicyclic) bond motifs is 1. The molecule has 0 radical (unpaired) electrons. The number of hydrogen-bond donors (Lipinski definition) is 0. The Bertz CT molecular complexity index is 1020. The molecule has 1 aromatic heterocycles. The Balaban J connectivity index is 1.48. The maximum Gasteiger partial charge on any atom is 0.359 e. The monoisotopic (exact) mass is 397 g/mol. The SMILES string of the molecule is COc1ccc2cc(COC(=O)c3nc(N4CCCC4)ncc3Cl)ccc2c1. The first-order chi connectivity index (χ1) is 13.6. The summed E-state index contributed by atoms with van der Waals surface area (Å²) in [4.78, 5) is 23.1. The van der Waals surface area contributed by atoms with Gasteiger partial charge in [-0.1, -0.05) is 29.8 Å². The molecule has 1 saturated heterocycles. The van der Waals surface area contributed by atoms with Crippen LogP contribution in [0.5, 0.6) is 5.75 Å². The highest BCUT2D eigenvalue weighted by atomic mass is 35.5. The van der Waals surface area contributed by atoms with Crippen molar-refractivity contribution in [3.63, 3.8) is 0 Å². The third kappa shape index (κ3) is 3.87. The number of methoxy groups -OCH3 is 1. The zero-order valence-corrected chi connectivity index (χ0v) is 16.3. The van der Waals surface area contributed by atoms with E-state index >= 15 is 0 Å². The van der Waals surface area contributed by atoms with Gasteiger partial charge >= 0.3 is 5.97 Å². The van der Waals surface area contributed by atoms with E-state index in [1.807, 2.05) is 41.3 Å². The molecule has 0 amide bonds. The third-order valence-corrected chi connectivity index (χ3v) is 5.07. The molecule has 6 nitrogen and oxygen atoms in total. The Morgan fingerprint density at radius 1 is 1.14 bits per heavy atom. The van der Waals surface area contributed by atoms with Gasteiger partial charge in [-0.05, 0) is 47.4 Å². The number of ether oxygens (including phenoxy) is 2. The second-order valence-corrected chi connectivity index (χ2v) is 7.09. The lowest BCUT2D eigenvalue weighted by Crippen LogP contribution is -2.22. The number of aromatic nitrogens is 2. The molecule has 28 heavy (non-hydrogen) atoms. The summed E-state index contributed by atoms with van der Waals surface area (Å²) in [6.07, 6.45) is 3.65. The molecule has 1 aliphatic heterocycles. The summed E-state index contributed by atoms with van der Waals surface area (Å²) >= 11 is 6.13. The van der Waals surface area contributed by atoms with Crippen LogP contribution in [-0.4, -0.2) is 36.1 Å². The lowest BCUT2D eigenvalue weighted by molar-refractivity contribution is 0.0466. The minimum atomic E-state index is -0.553. The van der Waals surface area contributed by atoms with Crippen molar-refractivity contribution in [1.82, 2.24) is 9.97 Å². The Labute approximate surface area is 168 Å². The van der Waals surface area contributed by atoms with Crippen LogP contribution in [0, 0.1) is 0 Å². The van der Waals surface area contributed by atoms with Gasteiger partial charge in [0, 0.05) is 13.1 Å². The van der Waals surface area contributed by atoms with Gasteiger partial charge in [0.1, 0.15) is 12.4 Å². The molecule has 1 aliphatic rings. The average Bonchev–Trinajstić information content (AvgIpc) is 3.26. The summed E-state index contributed by atoms with van der Waals surface area (Å²) < 4.78 is 10.7. The number of benzene rings is 2. The molecule has 0 unspecified atom stereocenters. The van der Waals surface area contributed by atoms with E-state index in [-0.39, 0.29) is 17.3 Å². The van der Waals surface area contributed by atoms with Crippen LogP contribution in [0.4, 0.5) is 5.95 Å². The summed E-state index contributed by atoms with van der Waals surface area (Å²) in [6.45, 7) is 1.91. The van der Waals surface area contributed by atoms with Crippen LogP contribution < -0.4 is 9.64 Å². The molecule has 0 atom stereocenters. The summed E-state index contributed by atoms with van der Waals surface area (Å²) in [6, 6.07) is 11.7. The molecule has 2 aromatic carbocycles. The maximum absolute atomic E-state index is 12.5. The molecule has 3 aromatic rings. The number of halogens is 1. The minimum Gasteiger partial charge on any atom is -0.497 e. The van der Waals surface area contributed by atoms with Crippen LogP contribution in [0.25, 0.3) is 10.8 Å². The molecule has 4 rings (SSSR count). The Morgan fingerprint density at radius 2 is 1.89 bits per heavy atom. The molecule has 0 bridgehead atoms. The fraction of sp³-hybridized carbons (Fsp3) is 0.286. The summed E-state index contributed by atoms with van der Waals surface area (Å²) in [5.41, 5.74) is 0.986. The quantitative estimate of drug-likeness (QED) is 0.600. The topological polar surface area (TPSA) is 64.6 Å². The van der Waals surface area contributed by atoms with Crippen molar-refractivity contribution >= 4 is 34.3 Å². The number of hydrogen-bond acceptors (Lipinski definition) is 6. The van der Waals surface area contributed by atoms with Crippen LogP contribution in [0.2, 0.25) is 5.02 Å². The van der Waals surface area contributed by atoms with Crippen molar-refractivity contribution in [2.24, 2.45) is 0 Å². The zero-order valence-electron chi connectivity index (χ0n) is 15.5. The van der Waals surface area contributed by atoms with Gasteiger partial charge in [0.15, 0.2) is 5.69 Å². The number of nitrogens with zero attached hydrogens (tertiary/aromatic N) is 3. The van der Waals surface area contributed by atoms with Crippen LogP contribution in [0.3, 0.4) is 0 Å². The number of carbonyl (C=O) groups is 1. The molecule has 2 heterocycles. The first-order valence-electron chi connectivity index (χ1n) is 9.15. The smallest absolute Gasteiger partial charge is 0.359 e.